The molecule has 7 heteroatoms. The molecule has 0 aliphatic heterocycles. The third-order valence-corrected chi connectivity index (χ3v) is 4.92. The predicted molar refractivity (Wildman–Crippen MR) is 72.7 cm³/mol. The molecule has 0 radical (unpaired) electrons. The van der Waals surface area contributed by atoms with Gasteiger partial charge >= 0.3 is 6.18 Å². The molecule has 0 saturated heterocycles. The van der Waals surface area contributed by atoms with Crippen LogP contribution in [0.4, 0.5) is 13.2 Å². The summed E-state index contributed by atoms with van der Waals surface area (Å²) in [6, 6.07) is 3.61. The fourth-order valence-electron chi connectivity index (χ4n) is 1.71. The minimum atomic E-state index is -4.45. The van der Waals surface area contributed by atoms with Crippen LogP contribution < -0.4 is 0 Å². The molecule has 0 aliphatic carbocycles. The van der Waals surface area contributed by atoms with Gasteiger partial charge in [0.1, 0.15) is 0 Å². The van der Waals surface area contributed by atoms with Gasteiger partial charge in [-0.1, -0.05) is 12.8 Å². The Hall–Kier alpha value is -0.750. The summed E-state index contributed by atoms with van der Waals surface area (Å²) in [4.78, 5) is -0.0668. The van der Waals surface area contributed by atoms with E-state index < -0.39 is 21.6 Å². The second kappa shape index (κ2) is 7.31. The van der Waals surface area contributed by atoms with E-state index in [-0.39, 0.29) is 10.6 Å². The van der Waals surface area contributed by atoms with Crippen LogP contribution in [0.2, 0.25) is 0 Å². The highest BCUT2D eigenvalue weighted by atomic mass is 35.5. The molecule has 0 heterocycles. The Morgan fingerprint density at radius 2 is 1.50 bits per heavy atom. The van der Waals surface area contributed by atoms with Crippen LogP contribution in [-0.2, 0) is 16.0 Å². The lowest BCUT2D eigenvalue weighted by Crippen LogP contribution is -2.09. The van der Waals surface area contributed by atoms with Crippen molar-refractivity contribution in [3.05, 3.63) is 29.8 Å². The number of alkyl halides is 4. The van der Waals surface area contributed by atoms with E-state index in [1.54, 1.807) is 0 Å². The average molecular weight is 329 g/mol. The van der Waals surface area contributed by atoms with E-state index in [2.05, 4.69) is 0 Å². The van der Waals surface area contributed by atoms with Gasteiger partial charge in [-0.2, -0.15) is 13.2 Å². The summed E-state index contributed by atoms with van der Waals surface area (Å²) in [7, 11) is -3.51. The van der Waals surface area contributed by atoms with E-state index in [1.807, 2.05) is 0 Å². The number of sulfone groups is 1. The first kappa shape index (κ1) is 17.3. The van der Waals surface area contributed by atoms with Crippen LogP contribution in [0.5, 0.6) is 0 Å². The van der Waals surface area contributed by atoms with Crippen molar-refractivity contribution in [1.82, 2.24) is 0 Å². The number of hydrogen-bond donors (Lipinski definition) is 0. The molecule has 0 unspecified atom stereocenters. The zero-order valence-electron chi connectivity index (χ0n) is 10.8. The number of benzene rings is 1. The Morgan fingerprint density at radius 3 is 2.00 bits per heavy atom. The number of unbranched alkanes of at least 4 members (excludes halogenated alkanes) is 3. The zero-order valence-corrected chi connectivity index (χ0v) is 12.4. The molecule has 0 aliphatic rings. The Bertz CT molecular complexity index is 509. The summed E-state index contributed by atoms with van der Waals surface area (Å²) in [5, 5.41) is 0. The first-order chi connectivity index (χ1) is 9.27. The highest BCUT2D eigenvalue weighted by molar-refractivity contribution is 7.91. The van der Waals surface area contributed by atoms with Crippen molar-refractivity contribution in [3.8, 4) is 0 Å². The zero-order chi connectivity index (χ0) is 15.2. The van der Waals surface area contributed by atoms with Crippen molar-refractivity contribution >= 4 is 21.4 Å². The van der Waals surface area contributed by atoms with Gasteiger partial charge < -0.3 is 0 Å². The van der Waals surface area contributed by atoms with Crippen LogP contribution in [0.1, 0.15) is 31.2 Å². The third kappa shape index (κ3) is 5.32. The van der Waals surface area contributed by atoms with E-state index in [1.165, 1.54) is 0 Å². The largest absolute Gasteiger partial charge is 0.416 e. The van der Waals surface area contributed by atoms with Gasteiger partial charge in [-0.15, -0.1) is 11.6 Å². The third-order valence-electron chi connectivity index (χ3n) is 2.84. The fourth-order valence-corrected chi connectivity index (χ4v) is 3.27. The minimum Gasteiger partial charge on any atom is -0.224 e. The summed E-state index contributed by atoms with van der Waals surface area (Å²) >= 11 is 5.51. The number of rotatable bonds is 7. The standard InChI is InChI=1S/C13H16ClF3O2S/c14-9-3-1-2-4-10-20(18,19)12-7-5-11(6-8-12)13(15,16)17/h5-8H,1-4,9-10H2. The Morgan fingerprint density at radius 1 is 0.950 bits per heavy atom. The molecular weight excluding hydrogens is 313 g/mol. The van der Waals surface area contributed by atoms with Crippen molar-refractivity contribution in [3.63, 3.8) is 0 Å². The van der Waals surface area contributed by atoms with E-state index in [4.69, 9.17) is 11.6 Å². The monoisotopic (exact) mass is 328 g/mol. The van der Waals surface area contributed by atoms with Gasteiger partial charge in [-0.25, -0.2) is 8.42 Å². The maximum atomic E-state index is 12.4. The Balaban J connectivity index is 2.64. The molecule has 0 spiro atoms. The molecule has 2 nitrogen and oxygen atoms in total. The van der Waals surface area contributed by atoms with Crippen molar-refractivity contribution in [2.45, 2.75) is 36.8 Å². The second-order valence-electron chi connectivity index (χ2n) is 4.44. The topological polar surface area (TPSA) is 34.1 Å². The van der Waals surface area contributed by atoms with Crippen molar-refractivity contribution in [2.24, 2.45) is 0 Å². The summed E-state index contributed by atoms with van der Waals surface area (Å²) in [5.74, 6) is 0.492. The SMILES string of the molecule is O=S(=O)(CCCCCCCl)c1ccc(C(F)(F)F)cc1. The molecule has 20 heavy (non-hydrogen) atoms. The Kier molecular flexibility index (Phi) is 6.33. The maximum Gasteiger partial charge on any atom is 0.416 e. The molecule has 0 atom stereocenters. The van der Waals surface area contributed by atoms with Gasteiger partial charge in [0.25, 0.3) is 0 Å². The molecule has 0 fully saturated rings. The summed E-state index contributed by atoms with van der Waals surface area (Å²) in [5.41, 5.74) is -0.849. The smallest absolute Gasteiger partial charge is 0.224 e. The van der Waals surface area contributed by atoms with Gasteiger partial charge in [0.05, 0.1) is 16.2 Å². The second-order valence-corrected chi connectivity index (χ2v) is 6.93. The van der Waals surface area contributed by atoms with Crippen molar-refractivity contribution in [2.75, 3.05) is 11.6 Å². The van der Waals surface area contributed by atoms with Crippen LogP contribution >= 0.6 is 11.6 Å². The number of hydrogen-bond acceptors (Lipinski definition) is 2. The van der Waals surface area contributed by atoms with Gasteiger partial charge in [0.2, 0.25) is 0 Å². The van der Waals surface area contributed by atoms with E-state index >= 15 is 0 Å². The van der Waals surface area contributed by atoms with Crippen LogP contribution in [0.15, 0.2) is 29.2 Å². The van der Waals surface area contributed by atoms with Crippen molar-refractivity contribution < 1.29 is 21.6 Å². The summed E-state index contributed by atoms with van der Waals surface area (Å²) < 4.78 is 61.0. The first-order valence-corrected chi connectivity index (χ1v) is 8.42. The van der Waals surface area contributed by atoms with Gasteiger partial charge in [-0.05, 0) is 37.1 Å². The van der Waals surface area contributed by atoms with Gasteiger partial charge in [0.15, 0.2) is 9.84 Å². The maximum absolute atomic E-state index is 12.4. The molecule has 114 valence electrons. The van der Waals surface area contributed by atoms with Gasteiger partial charge in [0, 0.05) is 5.88 Å². The van der Waals surface area contributed by atoms with Crippen LogP contribution in [0.25, 0.3) is 0 Å². The van der Waals surface area contributed by atoms with E-state index in [0.29, 0.717) is 12.3 Å². The van der Waals surface area contributed by atoms with Crippen LogP contribution in [-0.4, -0.2) is 20.1 Å². The molecule has 0 aromatic heterocycles. The highest BCUT2D eigenvalue weighted by Gasteiger charge is 2.30. The van der Waals surface area contributed by atoms with Crippen LogP contribution in [0.3, 0.4) is 0 Å². The molecule has 1 aromatic carbocycles. The quantitative estimate of drug-likeness (QED) is 0.553. The van der Waals surface area contributed by atoms with Crippen molar-refractivity contribution in [1.29, 1.82) is 0 Å². The Labute approximate surface area is 121 Å². The number of halogens is 4. The summed E-state index contributed by atoms with van der Waals surface area (Å²) in [6.07, 6.45) is -1.54. The minimum absolute atomic E-state index is 0.0549. The van der Waals surface area contributed by atoms with E-state index in [0.717, 1.165) is 43.5 Å². The summed E-state index contributed by atoms with van der Waals surface area (Å²) in [6.45, 7) is 0. The van der Waals surface area contributed by atoms with Gasteiger partial charge in [-0.3, -0.25) is 0 Å². The lowest BCUT2D eigenvalue weighted by atomic mass is 10.2. The first-order valence-electron chi connectivity index (χ1n) is 6.23. The lowest BCUT2D eigenvalue weighted by molar-refractivity contribution is -0.137. The molecule has 0 saturated carbocycles. The molecule has 1 rings (SSSR count). The normalized spacial score (nSPS) is 12.6. The van der Waals surface area contributed by atoms with Crippen LogP contribution in [0, 0.1) is 0 Å². The molecule has 0 N–H and O–H groups in total. The van der Waals surface area contributed by atoms with E-state index in [9.17, 15) is 21.6 Å². The molecule has 1 aromatic rings. The fraction of sp³-hybridized carbons (Fsp3) is 0.538. The molecule has 0 bridgehead atoms. The predicted octanol–water partition coefficient (Wildman–Crippen LogP) is 4.28. The molecular formula is C13H16ClF3O2S. The lowest BCUT2D eigenvalue weighted by Gasteiger charge is -2.08. The molecule has 0 amide bonds. The highest BCUT2D eigenvalue weighted by Crippen LogP contribution is 2.29. The average Bonchev–Trinajstić information content (AvgIpc) is 2.37.